The molecule has 1 saturated carbocycles. The maximum atomic E-state index is 12.4. The van der Waals surface area contributed by atoms with Crippen molar-refractivity contribution in [2.24, 2.45) is 0 Å². The summed E-state index contributed by atoms with van der Waals surface area (Å²) in [5.74, 6) is 0.205. The zero-order valence-electron chi connectivity index (χ0n) is 13.6. The number of carbonyl (C=O) groups is 2. The Bertz CT molecular complexity index is 592. The third-order valence-corrected chi connectivity index (χ3v) is 4.55. The SMILES string of the molecule is Cc1ccc2c(c1)N(CC(=O)NC1CCCCCC1)CC(=O)O2. The van der Waals surface area contributed by atoms with Crippen LogP contribution in [0.2, 0.25) is 0 Å². The second-order valence-electron chi connectivity index (χ2n) is 6.56. The lowest BCUT2D eigenvalue weighted by molar-refractivity contribution is -0.133. The van der Waals surface area contributed by atoms with Crippen LogP contribution in [0.4, 0.5) is 5.69 Å². The van der Waals surface area contributed by atoms with Crippen LogP contribution in [0.3, 0.4) is 0 Å². The molecule has 23 heavy (non-hydrogen) atoms. The van der Waals surface area contributed by atoms with Crippen molar-refractivity contribution in [3.63, 3.8) is 0 Å². The standard InChI is InChI=1S/C18H24N2O3/c1-13-8-9-16-15(10-13)20(12-18(22)23-16)11-17(21)19-14-6-4-2-3-5-7-14/h8-10,14H,2-7,11-12H2,1H3,(H,19,21). The summed E-state index contributed by atoms with van der Waals surface area (Å²) < 4.78 is 5.25. The Balaban J connectivity index is 1.66. The second kappa shape index (κ2) is 7.02. The molecule has 0 radical (unpaired) electrons. The molecular formula is C18H24N2O3. The number of anilines is 1. The molecule has 0 bridgehead atoms. The van der Waals surface area contributed by atoms with E-state index in [4.69, 9.17) is 4.74 Å². The highest BCUT2D eigenvalue weighted by Crippen LogP contribution is 2.32. The van der Waals surface area contributed by atoms with Crippen LogP contribution in [0.5, 0.6) is 5.75 Å². The van der Waals surface area contributed by atoms with Gasteiger partial charge >= 0.3 is 5.97 Å². The van der Waals surface area contributed by atoms with E-state index in [1.165, 1.54) is 25.7 Å². The summed E-state index contributed by atoms with van der Waals surface area (Å²) >= 11 is 0. The van der Waals surface area contributed by atoms with Gasteiger partial charge in [0.15, 0.2) is 5.75 Å². The molecule has 1 N–H and O–H groups in total. The topological polar surface area (TPSA) is 58.6 Å². The summed E-state index contributed by atoms with van der Waals surface area (Å²) in [5, 5.41) is 3.13. The second-order valence-corrected chi connectivity index (χ2v) is 6.56. The van der Waals surface area contributed by atoms with Crippen molar-refractivity contribution in [3.05, 3.63) is 23.8 Å². The molecule has 5 heteroatoms. The molecule has 1 aromatic rings. The molecule has 124 valence electrons. The first kappa shape index (κ1) is 15.8. The first-order valence-corrected chi connectivity index (χ1v) is 8.47. The molecule has 1 fully saturated rings. The lowest BCUT2D eigenvalue weighted by Gasteiger charge is -2.30. The molecule has 1 heterocycles. The summed E-state index contributed by atoms with van der Waals surface area (Å²) in [6, 6.07) is 5.93. The van der Waals surface area contributed by atoms with Crippen molar-refractivity contribution in [1.82, 2.24) is 5.32 Å². The predicted octanol–water partition coefficient (Wildman–Crippen LogP) is 2.56. The van der Waals surface area contributed by atoms with E-state index in [2.05, 4.69) is 5.32 Å². The van der Waals surface area contributed by atoms with Crippen LogP contribution in [-0.4, -0.2) is 31.0 Å². The number of hydrogen-bond donors (Lipinski definition) is 1. The minimum Gasteiger partial charge on any atom is -0.423 e. The number of hydrogen-bond acceptors (Lipinski definition) is 4. The van der Waals surface area contributed by atoms with E-state index in [-0.39, 0.29) is 31.0 Å². The number of benzene rings is 1. The van der Waals surface area contributed by atoms with Gasteiger partial charge in [0.05, 0.1) is 12.2 Å². The van der Waals surface area contributed by atoms with Gasteiger partial charge in [-0.05, 0) is 37.5 Å². The van der Waals surface area contributed by atoms with Crippen LogP contribution in [0, 0.1) is 6.92 Å². The Morgan fingerprint density at radius 2 is 2.00 bits per heavy atom. The summed E-state index contributed by atoms with van der Waals surface area (Å²) in [6.07, 6.45) is 7.01. The van der Waals surface area contributed by atoms with Crippen LogP contribution in [-0.2, 0) is 9.59 Å². The van der Waals surface area contributed by atoms with E-state index in [0.29, 0.717) is 5.75 Å². The number of carbonyl (C=O) groups excluding carboxylic acids is 2. The molecule has 1 aliphatic carbocycles. The highest BCUT2D eigenvalue weighted by molar-refractivity contribution is 5.89. The van der Waals surface area contributed by atoms with Crippen LogP contribution >= 0.6 is 0 Å². The summed E-state index contributed by atoms with van der Waals surface area (Å²) in [7, 11) is 0. The van der Waals surface area contributed by atoms with Gasteiger partial charge in [-0.3, -0.25) is 4.79 Å². The molecule has 2 aliphatic rings. The van der Waals surface area contributed by atoms with E-state index < -0.39 is 0 Å². The van der Waals surface area contributed by atoms with Gasteiger partial charge in [-0.15, -0.1) is 0 Å². The zero-order valence-corrected chi connectivity index (χ0v) is 13.6. The molecule has 0 saturated heterocycles. The molecule has 0 spiro atoms. The molecule has 5 nitrogen and oxygen atoms in total. The number of ether oxygens (including phenoxy) is 1. The van der Waals surface area contributed by atoms with Gasteiger partial charge in [-0.1, -0.05) is 31.7 Å². The van der Waals surface area contributed by atoms with Gasteiger partial charge in [-0.25, -0.2) is 4.79 Å². The molecule has 0 unspecified atom stereocenters. The summed E-state index contributed by atoms with van der Waals surface area (Å²) in [6.45, 7) is 2.30. The van der Waals surface area contributed by atoms with Crippen molar-refractivity contribution in [1.29, 1.82) is 0 Å². The number of esters is 1. The first-order chi connectivity index (χ1) is 11.1. The molecule has 1 aromatic carbocycles. The molecular weight excluding hydrogens is 292 g/mol. The third kappa shape index (κ3) is 4.03. The summed E-state index contributed by atoms with van der Waals surface area (Å²) in [5.41, 5.74) is 1.90. The number of aryl methyl sites for hydroxylation is 1. The van der Waals surface area contributed by atoms with Gasteiger partial charge < -0.3 is 15.0 Å². The fraction of sp³-hybridized carbons (Fsp3) is 0.556. The minimum absolute atomic E-state index is 0.0148. The van der Waals surface area contributed by atoms with Crippen molar-refractivity contribution < 1.29 is 14.3 Å². The fourth-order valence-electron chi connectivity index (χ4n) is 3.37. The maximum Gasteiger partial charge on any atom is 0.331 e. The average Bonchev–Trinajstić information content (AvgIpc) is 2.76. The van der Waals surface area contributed by atoms with Gasteiger partial charge in [0, 0.05) is 6.04 Å². The quantitative estimate of drug-likeness (QED) is 0.529. The van der Waals surface area contributed by atoms with Crippen LogP contribution in [0.15, 0.2) is 18.2 Å². The molecule has 1 aliphatic heterocycles. The van der Waals surface area contributed by atoms with E-state index >= 15 is 0 Å². The van der Waals surface area contributed by atoms with Gasteiger partial charge in [-0.2, -0.15) is 0 Å². The van der Waals surface area contributed by atoms with Crippen molar-refractivity contribution in [2.45, 2.75) is 51.5 Å². The normalized spacial score (nSPS) is 18.8. The van der Waals surface area contributed by atoms with Gasteiger partial charge in [0.25, 0.3) is 0 Å². The van der Waals surface area contributed by atoms with Crippen molar-refractivity contribution in [3.8, 4) is 5.75 Å². The number of nitrogens with zero attached hydrogens (tertiary/aromatic N) is 1. The lowest BCUT2D eigenvalue weighted by Crippen LogP contribution is -2.45. The smallest absolute Gasteiger partial charge is 0.331 e. The lowest BCUT2D eigenvalue weighted by atomic mass is 10.1. The molecule has 0 aromatic heterocycles. The van der Waals surface area contributed by atoms with E-state index in [0.717, 1.165) is 24.1 Å². The van der Waals surface area contributed by atoms with Crippen molar-refractivity contribution >= 4 is 17.6 Å². The highest BCUT2D eigenvalue weighted by Gasteiger charge is 2.26. The Kier molecular flexibility index (Phi) is 4.84. The zero-order chi connectivity index (χ0) is 16.2. The van der Waals surface area contributed by atoms with E-state index in [9.17, 15) is 9.59 Å². The first-order valence-electron chi connectivity index (χ1n) is 8.47. The third-order valence-electron chi connectivity index (χ3n) is 4.55. The fourth-order valence-corrected chi connectivity index (χ4v) is 3.37. The molecule has 1 amide bonds. The highest BCUT2D eigenvalue weighted by atomic mass is 16.5. The van der Waals surface area contributed by atoms with E-state index in [1.54, 1.807) is 11.0 Å². The Labute approximate surface area is 137 Å². The number of rotatable bonds is 3. The Morgan fingerprint density at radius 1 is 1.26 bits per heavy atom. The number of fused-ring (bicyclic) bond motifs is 1. The summed E-state index contributed by atoms with van der Waals surface area (Å²) in [4.78, 5) is 25.9. The average molecular weight is 316 g/mol. The van der Waals surface area contributed by atoms with E-state index in [1.807, 2.05) is 19.1 Å². The van der Waals surface area contributed by atoms with Gasteiger partial charge in [0.2, 0.25) is 5.91 Å². The Hall–Kier alpha value is -2.04. The van der Waals surface area contributed by atoms with Crippen LogP contribution in [0.25, 0.3) is 0 Å². The van der Waals surface area contributed by atoms with Crippen LogP contribution < -0.4 is 15.0 Å². The maximum absolute atomic E-state index is 12.4. The van der Waals surface area contributed by atoms with Gasteiger partial charge in [0.1, 0.15) is 6.54 Å². The monoisotopic (exact) mass is 316 g/mol. The van der Waals surface area contributed by atoms with Crippen molar-refractivity contribution in [2.75, 3.05) is 18.0 Å². The number of amides is 1. The largest absolute Gasteiger partial charge is 0.423 e. The Morgan fingerprint density at radius 3 is 2.74 bits per heavy atom. The minimum atomic E-state index is -0.316. The van der Waals surface area contributed by atoms with Crippen LogP contribution in [0.1, 0.15) is 44.1 Å². The molecule has 0 atom stereocenters. The predicted molar refractivity (Wildman–Crippen MR) is 88.7 cm³/mol. The molecule has 3 rings (SSSR count). The number of nitrogens with one attached hydrogen (secondary N) is 1.